The predicted molar refractivity (Wildman–Crippen MR) is 93.8 cm³/mol. The van der Waals surface area contributed by atoms with Crippen molar-refractivity contribution in [3.8, 4) is 0 Å². The fourth-order valence-electron chi connectivity index (χ4n) is 2.07. The van der Waals surface area contributed by atoms with Gasteiger partial charge in [-0.2, -0.15) is 0 Å². The maximum absolute atomic E-state index is 11.8. The molecule has 0 spiro atoms. The number of nitrogens with zero attached hydrogens (tertiary/aromatic N) is 2. The number of benzene rings is 1. The second-order valence-electron chi connectivity index (χ2n) is 4.99. The van der Waals surface area contributed by atoms with Crippen LogP contribution >= 0.6 is 11.6 Å². The van der Waals surface area contributed by atoms with Gasteiger partial charge in [0.25, 0.3) is 5.91 Å². The zero-order chi connectivity index (χ0) is 17.0. The van der Waals surface area contributed by atoms with Crippen molar-refractivity contribution in [3.63, 3.8) is 0 Å². The van der Waals surface area contributed by atoms with E-state index in [1.54, 1.807) is 26.2 Å². The third-order valence-corrected chi connectivity index (χ3v) is 3.79. The lowest BCUT2D eigenvalue weighted by Crippen LogP contribution is -2.18. The van der Waals surface area contributed by atoms with Crippen LogP contribution in [-0.4, -0.2) is 30.0 Å². The summed E-state index contributed by atoms with van der Waals surface area (Å²) in [5.41, 5.74) is 2.32. The molecule has 0 bridgehead atoms. The summed E-state index contributed by atoms with van der Waals surface area (Å²) < 4.78 is 0. The molecule has 1 amide bonds. The first kappa shape index (κ1) is 17.0. The Labute approximate surface area is 140 Å². The minimum Gasteiger partial charge on any atom is -0.372 e. The lowest BCUT2D eigenvalue weighted by atomic mass is 10.1. The Morgan fingerprint density at radius 3 is 2.52 bits per heavy atom. The van der Waals surface area contributed by atoms with Crippen LogP contribution in [0.15, 0.2) is 18.2 Å². The average Bonchev–Trinajstić information content (AvgIpc) is 2.57. The first-order valence-corrected chi connectivity index (χ1v) is 7.71. The smallest absolute Gasteiger partial charge is 0.251 e. The predicted octanol–water partition coefficient (Wildman–Crippen LogP) is 3.15. The van der Waals surface area contributed by atoms with E-state index in [-0.39, 0.29) is 5.91 Å². The van der Waals surface area contributed by atoms with Crippen LogP contribution in [0.25, 0.3) is 0 Å². The van der Waals surface area contributed by atoms with E-state index in [1.807, 2.05) is 19.9 Å². The van der Waals surface area contributed by atoms with Crippen molar-refractivity contribution in [2.24, 2.45) is 0 Å². The summed E-state index contributed by atoms with van der Waals surface area (Å²) >= 11 is 6.34. The molecule has 0 radical (unpaired) electrons. The molecular weight excluding hydrogens is 314 g/mol. The van der Waals surface area contributed by atoms with E-state index in [0.717, 1.165) is 11.3 Å². The molecule has 2 rings (SSSR count). The number of carbonyl (C=O) groups is 1. The van der Waals surface area contributed by atoms with E-state index in [9.17, 15) is 4.79 Å². The van der Waals surface area contributed by atoms with Crippen molar-refractivity contribution in [1.29, 1.82) is 0 Å². The largest absolute Gasteiger partial charge is 0.372 e. The number of hydrogen-bond donors (Lipinski definition) is 3. The van der Waals surface area contributed by atoms with Crippen LogP contribution in [0.5, 0.6) is 0 Å². The van der Waals surface area contributed by atoms with Crippen LogP contribution in [0.3, 0.4) is 0 Å². The maximum Gasteiger partial charge on any atom is 0.251 e. The first-order valence-electron chi connectivity index (χ1n) is 7.34. The Balaban J connectivity index is 2.44. The molecule has 0 aliphatic carbocycles. The zero-order valence-electron chi connectivity index (χ0n) is 13.6. The van der Waals surface area contributed by atoms with Gasteiger partial charge in [0.1, 0.15) is 10.8 Å². The summed E-state index contributed by atoms with van der Waals surface area (Å²) in [6.45, 7) is 3.93. The number of carbonyl (C=O) groups excluding carboxylic acids is 1. The highest BCUT2D eigenvalue weighted by Crippen LogP contribution is 2.30. The van der Waals surface area contributed by atoms with Gasteiger partial charge in [0.15, 0.2) is 11.6 Å². The Morgan fingerprint density at radius 1 is 1.22 bits per heavy atom. The normalized spacial score (nSPS) is 10.3. The number of aromatic nitrogens is 2. The highest BCUT2D eigenvalue weighted by molar-refractivity contribution is 6.35. The molecule has 1 aromatic carbocycles. The van der Waals surface area contributed by atoms with Gasteiger partial charge in [0.2, 0.25) is 0 Å². The van der Waals surface area contributed by atoms with Crippen LogP contribution in [0.2, 0.25) is 5.02 Å². The van der Waals surface area contributed by atoms with Gasteiger partial charge < -0.3 is 16.0 Å². The summed E-state index contributed by atoms with van der Waals surface area (Å²) in [4.78, 5) is 20.6. The van der Waals surface area contributed by atoms with Crippen LogP contribution in [0.1, 0.15) is 28.7 Å². The number of halogens is 1. The number of hydrogen-bond acceptors (Lipinski definition) is 5. The molecule has 1 heterocycles. The highest BCUT2D eigenvalue weighted by Gasteiger charge is 2.13. The fourth-order valence-corrected chi connectivity index (χ4v) is 2.30. The third kappa shape index (κ3) is 3.71. The molecule has 7 heteroatoms. The molecule has 3 N–H and O–H groups in total. The second kappa shape index (κ2) is 7.28. The Kier molecular flexibility index (Phi) is 5.39. The molecule has 1 aromatic heterocycles. The van der Waals surface area contributed by atoms with Gasteiger partial charge in [-0.25, -0.2) is 9.97 Å². The molecule has 122 valence electrons. The van der Waals surface area contributed by atoms with Crippen LogP contribution in [-0.2, 0) is 6.42 Å². The quantitative estimate of drug-likeness (QED) is 0.783. The van der Waals surface area contributed by atoms with E-state index in [4.69, 9.17) is 11.6 Å². The fraction of sp³-hybridized carbons (Fsp3) is 0.312. The van der Waals surface area contributed by atoms with Gasteiger partial charge in [0.05, 0.1) is 0 Å². The molecule has 0 saturated heterocycles. The number of nitrogens with one attached hydrogen (secondary N) is 3. The standard InChI is InChI=1S/C16H20ClN5O/c1-5-12-21-14(18-3)13(17)15(22-12)20-11-8-10(16(23)19-4)7-6-9(11)2/h6-8H,5H2,1-4H3,(H,19,23)(H2,18,20,21,22). The van der Waals surface area contributed by atoms with E-state index in [2.05, 4.69) is 25.9 Å². The lowest BCUT2D eigenvalue weighted by molar-refractivity contribution is 0.0963. The van der Waals surface area contributed by atoms with Crippen molar-refractivity contribution in [1.82, 2.24) is 15.3 Å². The molecule has 23 heavy (non-hydrogen) atoms. The number of amides is 1. The van der Waals surface area contributed by atoms with Gasteiger partial charge in [-0.05, 0) is 24.6 Å². The van der Waals surface area contributed by atoms with E-state index < -0.39 is 0 Å². The van der Waals surface area contributed by atoms with E-state index in [0.29, 0.717) is 34.5 Å². The summed E-state index contributed by atoms with van der Waals surface area (Å²) in [6, 6.07) is 5.43. The average molecular weight is 334 g/mol. The highest BCUT2D eigenvalue weighted by atomic mass is 35.5. The van der Waals surface area contributed by atoms with Crippen molar-refractivity contribution < 1.29 is 4.79 Å². The van der Waals surface area contributed by atoms with Gasteiger partial charge in [-0.15, -0.1) is 0 Å². The summed E-state index contributed by atoms with van der Waals surface area (Å²) in [5, 5.41) is 9.19. The summed E-state index contributed by atoms with van der Waals surface area (Å²) in [7, 11) is 3.36. The Hall–Kier alpha value is -2.34. The molecule has 0 aliphatic rings. The molecule has 6 nitrogen and oxygen atoms in total. The van der Waals surface area contributed by atoms with E-state index >= 15 is 0 Å². The second-order valence-corrected chi connectivity index (χ2v) is 5.37. The van der Waals surface area contributed by atoms with Crippen LogP contribution < -0.4 is 16.0 Å². The number of anilines is 3. The third-order valence-electron chi connectivity index (χ3n) is 3.43. The molecule has 0 aliphatic heterocycles. The molecule has 0 fully saturated rings. The summed E-state index contributed by atoms with van der Waals surface area (Å²) in [6.07, 6.45) is 0.692. The molecule has 2 aromatic rings. The van der Waals surface area contributed by atoms with Crippen molar-refractivity contribution in [2.45, 2.75) is 20.3 Å². The van der Waals surface area contributed by atoms with Gasteiger partial charge in [-0.3, -0.25) is 4.79 Å². The number of aryl methyl sites for hydroxylation is 2. The zero-order valence-corrected chi connectivity index (χ0v) is 14.4. The SMILES string of the molecule is CCc1nc(NC)c(Cl)c(Nc2cc(C(=O)NC)ccc2C)n1. The monoisotopic (exact) mass is 333 g/mol. The molecule has 0 unspecified atom stereocenters. The summed E-state index contributed by atoms with van der Waals surface area (Å²) in [5.74, 6) is 1.62. The van der Waals surface area contributed by atoms with Gasteiger partial charge in [-0.1, -0.05) is 24.6 Å². The molecular formula is C16H20ClN5O. The van der Waals surface area contributed by atoms with Crippen LogP contribution in [0, 0.1) is 6.92 Å². The Bertz CT molecular complexity index is 733. The number of rotatable bonds is 5. The minimum absolute atomic E-state index is 0.146. The van der Waals surface area contributed by atoms with Crippen molar-refractivity contribution in [3.05, 3.63) is 40.2 Å². The van der Waals surface area contributed by atoms with E-state index in [1.165, 1.54) is 0 Å². The van der Waals surface area contributed by atoms with Crippen molar-refractivity contribution >= 4 is 34.8 Å². The topological polar surface area (TPSA) is 78.9 Å². The van der Waals surface area contributed by atoms with Crippen LogP contribution in [0.4, 0.5) is 17.3 Å². The Morgan fingerprint density at radius 2 is 1.91 bits per heavy atom. The first-order chi connectivity index (χ1) is 11.0. The minimum atomic E-state index is -0.146. The van der Waals surface area contributed by atoms with Gasteiger partial charge in [0, 0.05) is 31.8 Å². The maximum atomic E-state index is 11.8. The molecule has 0 atom stereocenters. The lowest BCUT2D eigenvalue weighted by Gasteiger charge is -2.14. The van der Waals surface area contributed by atoms with Gasteiger partial charge >= 0.3 is 0 Å². The molecule has 0 saturated carbocycles. The van der Waals surface area contributed by atoms with Crippen molar-refractivity contribution in [2.75, 3.05) is 24.7 Å².